The number of carbonyl (C=O) groups is 1. The second kappa shape index (κ2) is 10.1. The minimum atomic E-state index is -0.474. The second-order valence-corrected chi connectivity index (χ2v) is 5.64. The maximum Gasteiger partial charge on any atom is 0.276 e. The Labute approximate surface area is 157 Å². The standard InChI is InChI=1S/C16H23N3O6.ClH/c1-10-15(17-6-7-25-10)16(20)18-5-4-11-8-13(23-2)14(24-3)9-12(11)19(21)22;/h8-10,15,17H,4-7H2,1-3H3,(H,18,20);1H/t10-,15+;/m1./s1. The molecule has 1 aliphatic rings. The van der Waals surface area contributed by atoms with Crippen LogP contribution in [0.25, 0.3) is 0 Å². The van der Waals surface area contributed by atoms with Gasteiger partial charge in [0.15, 0.2) is 11.5 Å². The molecule has 0 bridgehead atoms. The van der Waals surface area contributed by atoms with Crippen LogP contribution >= 0.6 is 12.4 Å². The summed E-state index contributed by atoms with van der Waals surface area (Å²) in [6.07, 6.45) is 0.0776. The third-order valence-electron chi connectivity index (χ3n) is 4.07. The van der Waals surface area contributed by atoms with Crippen LogP contribution < -0.4 is 20.1 Å². The SMILES string of the molecule is COc1cc(CCNC(=O)[C@H]2NCCO[C@@H]2C)c([N+](=O)[O-])cc1OC.Cl. The fourth-order valence-electron chi connectivity index (χ4n) is 2.74. The molecule has 1 aromatic rings. The van der Waals surface area contributed by atoms with E-state index in [4.69, 9.17) is 14.2 Å². The number of hydrogen-bond donors (Lipinski definition) is 2. The Bertz CT molecular complexity index is 643. The van der Waals surface area contributed by atoms with E-state index in [0.717, 1.165) is 0 Å². The zero-order valence-electron chi connectivity index (χ0n) is 14.9. The number of methoxy groups -OCH3 is 2. The number of nitro groups is 1. The molecule has 10 heteroatoms. The molecule has 2 N–H and O–H groups in total. The quantitative estimate of drug-likeness (QED) is 0.529. The number of nitrogens with one attached hydrogen (secondary N) is 2. The first-order valence-corrected chi connectivity index (χ1v) is 8.00. The summed E-state index contributed by atoms with van der Waals surface area (Å²) >= 11 is 0. The van der Waals surface area contributed by atoms with Crippen molar-refractivity contribution in [1.29, 1.82) is 0 Å². The van der Waals surface area contributed by atoms with Crippen LogP contribution in [0.3, 0.4) is 0 Å². The van der Waals surface area contributed by atoms with E-state index in [1.54, 1.807) is 6.07 Å². The molecule has 1 amide bonds. The molecule has 0 aliphatic carbocycles. The molecule has 146 valence electrons. The molecule has 1 saturated heterocycles. The smallest absolute Gasteiger partial charge is 0.276 e. The Hall–Kier alpha value is -2.10. The van der Waals surface area contributed by atoms with Crippen molar-refractivity contribution in [3.8, 4) is 11.5 Å². The molecule has 0 aromatic heterocycles. The molecule has 1 aromatic carbocycles. The maximum atomic E-state index is 12.2. The van der Waals surface area contributed by atoms with Gasteiger partial charge >= 0.3 is 0 Å². The second-order valence-electron chi connectivity index (χ2n) is 5.64. The molecule has 0 unspecified atom stereocenters. The van der Waals surface area contributed by atoms with Gasteiger partial charge in [-0.15, -0.1) is 12.4 Å². The van der Waals surface area contributed by atoms with Crippen molar-refractivity contribution in [1.82, 2.24) is 10.6 Å². The molecule has 0 radical (unpaired) electrons. The Morgan fingerprint density at radius 2 is 2.04 bits per heavy atom. The van der Waals surface area contributed by atoms with E-state index in [0.29, 0.717) is 36.6 Å². The summed E-state index contributed by atoms with van der Waals surface area (Å²) in [5.74, 6) is 0.514. The lowest BCUT2D eigenvalue weighted by molar-refractivity contribution is -0.385. The Kier molecular flexibility index (Phi) is 8.56. The number of benzene rings is 1. The summed E-state index contributed by atoms with van der Waals surface area (Å²) in [4.78, 5) is 23.0. The highest BCUT2D eigenvalue weighted by Crippen LogP contribution is 2.34. The highest BCUT2D eigenvalue weighted by Gasteiger charge is 2.28. The minimum absolute atomic E-state index is 0. The number of ether oxygens (including phenoxy) is 3. The summed E-state index contributed by atoms with van der Waals surface area (Å²) in [6.45, 7) is 3.28. The normalized spacial score (nSPS) is 19.2. The van der Waals surface area contributed by atoms with Gasteiger partial charge in [0.1, 0.15) is 6.04 Å². The number of carbonyl (C=O) groups excluding carboxylic acids is 1. The van der Waals surface area contributed by atoms with Gasteiger partial charge in [-0.25, -0.2) is 0 Å². The van der Waals surface area contributed by atoms with Gasteiger partial charge in [0, 0.05) is 18.7 Å². The molecule has 9 nitrogen and oxygen atoms in total. The van der Waals surface area contributed by atoms with Gasteiger partial charge in [0.2, 0.25) is 5.91 Å². The number of hydrogen-bond acceptors (Lipinski definition) is 7. The van der Waals surface area contributed by atoms with Crippen molar-refractivity contribution in [2.75, 3.05) is 33.9 Å². The molecular weight excluding hydrogens is 366 g/mol. The third-order valence-corrected chi connectivity index (χ3v) is 4.07. The summed E-state index contributed by atoms with van der Waals surface area (Å²) in [5.41, 5.74) is 0.392. The lowest BCUT2D eigenvalue weighted by Crippen LogP contribution is -2.55. The predicted molar refractivity (Wildman–Crippen MR) is 97.4 cm³/mol. The fraction of sp³-hybridized carbons (Fsp3) is 0.562. The highest BCUT2D eigenvalue weighted by atomic mass is 35.5. The van der Waals surface area contributed by atoms with Crippen molar-refractivity contribution in [2.24, 2.45) is 0 Å². The predicted octanol–water partition coefficient (Wildman–Crippen LogP) is 1.07. The van der Waals surface area contributed by atoms with E-state index in [9.17, 15) is 14.9 Å². The zero-order chi connectivity index (χ0) is 18.4. The van der Waals surface area contributed by atoms with Gasteiger partial charge in [-0.2, -0.15) is 0 Å². The summed E-state index contributed by atoms with van der Waals surface area (Å²) in [5, 5.41) is 17.2. The molecule has 2 rings (SSSR count). The van der Waals surface area contributed by atoms with E-state index in [2.05, 4.69) is 10.6 Å². The molecule has 1 heterocycles. The molecule has 26 heavy (non-hydrogen) atoms. The van der Waals surface area contributed by atoms with Crippen molar-refractivity contribution in [2.45, 2.75) is 25.5 Å². The van der Waals surface area contributed by atoms with Crippen molar-refractivity contribution in [3.63, 3.8) is 0 Å². The zero-order valence-corrected chi connectivity index (χ0v) is 15.8. The van der Waals surface area contributed by atoms with E-state index < -0.39 is 11.0 Å². The van der Waals surface area contributed by atoms with Crippen LogP contribution in [0.1, 0.15) is 12.5 Å². The highest BCUT2D eigenvalue weighted by molar-refractivity contribution is 5.85. The van der Waals surface area contributed by atoms with E-state index in [1.807, 2.05) is 6.92 Å². The number of nitrogens with zero attached hydrogens (tertiary/aromatic N) is 1. The van der Waals surface area contributed by atoms with Gasteiger partial charge < -0.3 is 24.8 Å². The summed E-state index contributed by atoms with van der Waals surface area (Å²) in [6, 6.07) is 2.47. The van der Waals surface area contributed by atoms with E-state index >= 15 is 0 Å². The number of halogens is 1. The van der Waals surface area contributed by atoms with Crippen LogP contribution in [-0.2, 0) is 16.0 Å². The molecule has 1 fully saturated rings. The minimum Gasteiger partial charge on any atom is -0.493 e. The average Bonchev–Trinajstić information content (AvgIpc) is 2.61. The maximum absolute atomic E-state index is 12.2. The summed E-state index contributed by atoms with van der Waals surface area (Å²) in [7, 11) is 2.88. The van der Waals surface area contributed by atoms with Gasteiger partial charge in [-0.3, -0.25) is 14.9 Å². The Morgan fingerprint density at radius 1 is 1.38 bits per heavy atom. The van der Waals surface area contributed by atoms with Gasteiger partial charge in [-0.1, -0.05) is 0 Å². The van der Waals surface area contributed by atoms with Crippen LogP contribution in [-0.4, -0.2) is 56.9 Å². The largest absolute Gasteiger partial charge is 0.493 e. The van der Waals surface area contributed by atoms with E-state index in [1.165, 1.54) is 20.3 Å². The van der Waals surface area contributed by atoms with Crippen LogP contribution in [0, 0.1) is 10.1 Å². The molecule has 1 aliphatic heterocycles. The molecule has 0 spiro atoms. The van der Waals surface area contributed by atoms with Crippen molar-refractivity contribution >= 4 is 24.0 Å². The Morgan fingerprint density at radius 3 is 2.62 bits per heavy atom. The van der Waals surface area contributed by atoms with Gasteiger partial charge in [-0.05, 0) is 19.4 Å². The monoisotopic (exact) mass is 389 g/mol. The summed E-state index contributed by atoms with van der Waals surface area (Å²) < 4.78 is 15.7. The van der Waals surface area contributed by atoms with Crippen LogP contribution in [0.15, 0.2) is 12.1 Å². The topological polar surface area (TPSA) is 112 Å². The lowest BCUT2D eigenvalue weighted by atomic mass is 10.1. The van der Waals surface area contributed by atoms with Crippen LogP contribution in [0.5, 0.6) is 11.5 Å². The molecular formula is C16H24ClN3O6. The number of nitro benzene ring substituents is 1. The molecule has 2 atom stereocenters. The number of amides is 1. The average molecular weight is 390 g/mol. The van der Waals surface area contributed by atoms with Crippen LogP contribution in [0.4, 0.5) is 5.69 Å². The number of morpholine rings is 1. The Balaban J connectivity index is 0.00000338. The first-order valence-electron chi connectivity index (χ1n) is 8.00. The van der Waals surface area contributed by atoms with Gasteiger partial charge in [0.05, 0.1) is 37.9 Å². The fourth-order valence-corrected chi connectivity index (χ4v) is 2.74. The third kappa shape index (κ3) is 5.20. The number of rotatable bonds is 7. The first-order chi connectivity index (χ1) is 12.0. The lowest BCUT2D eigenvalue weighted by Gasteiger charge is -2.29. The van der Waals surface area contributed by atoms with Crippen molar-refractivity contribution in [3.05, 3.63) is 27.8 Å². The first kappa shape index (κ1) is 21.9. The van der Waals surface area contributed by atoms with Crippen molar-refractivity contribution < 1.29 is 23.9 Å². The van der Waals surface area contributed by atoms with Crippen LogP contribution in [0.2, 0.25) is 0 Å². The molecule has 0 saturated carbocycles. The van der Waals surface area contributed by atoms with Gasteiger partial charge in [0.25, 0.3) is 5.69 Å². The van der Waals surface area contributed by atoms with E-state index in [-0.39, 0.29) is 36.7 Å².